The zero-order valence-corrected chi connectivity index (χ0v) is 15.3. The van der Waals surface area contributed by atoms with Crippen molar-refractivity contribution in [2.75, 3.05) is 0 Å². The third kappa shape index (κ3) is 4.46. The fourth-order valence-electron chi connectivity index (χ4n) is 2.44. The van der Waals surface area contributed by atoms with Crippen LogP contribution in [0.25, 0.3) is 0 Å². The Hall–Kier alpha value is -0.226. The van der Waals surface area contributed by atoms with Crippen molar-refractivity contribution in [3.8, 4) is 0 Å². The zero-order valence-electron chi connectivity index (χ0n) is 13.3. The van der Waals surface area contributed by atoms with Gasteiger partial charge in [0.25, 0.3) is 16.6 Å². The van der Waals surface area contributed by atoms with Crippen molar-refractivity contribution < 1.29 is 8.85 Å². The van der Waals surface area contributed by atoms with E-state index in [1.807, 2.05) is 0 Å². The van der Waals surface area contributed by atoms with Gasteiger partial charge < -0.3 is 8.85 Å². The van der Waals surface area contributed by atoms with Gasteiger partial charge in [0, 0.05) is 0 Å². The van der Waals surface area contributed by atoms with Gasteiger partial charge >= 0.3 is 0 Å². The lowest BCUT2D eigenvalue weighted by molar-refractivity contribution is 0.208. The van der Waals surface area contributed by atoms with Gasteiger partial charge in [0.05, 0.1) is 0 Å². The first-order chi connectivity index (χ1) is 8.46. The minimum atomic E-state index is -1.62. The molecule has 0 fully saturated rings. The summed E-state index contributed by atoms with van der Waals surface area (Å²) in [6, 6.07) is 6.84. The summed E-state index contributed by atoms with van der Waals surface area (Å²) < 4.78 is 12.4. The summed E-state index contributed by atoms with van der Waals surface area (Å²) in [5.74, 6) is 0.615. The molecule has 2 nitrogen and oxygen atoms in total. The molecule has 0 saturated heterocycles. The Morgan fingerprint density at radius 3 is 1.06 bits per heavy atom. The molecule has 0 saturated carbocycles. The summed E-state index contributed by atoms with van der Waals surface area (Å²) in [5.41, 5.74) is 0. The second-order valence-corrected chi connectivity index (χ2v) is 14.4. The molecule has 0 aliphatic rings. The maximum Gasteiger partial charge on any atom is 0.254 e. The summed E-state index contributed by atoms with van der Waals surface area (Å²) in [4.78, 5) is 0. The van der Waals surface area contributed by atoms with Crippen LogP contribution in [0.15, 0.2) is 12.5 Å². The third-order valence-corrected chi connectivity index (χ3v) is 13.6. The van der Waals surface area contributed by atoms with Gasteiger partial charge in [-0.2, -0.15) is 0 Å². The van der Waals surface area contributed by atoms with E-state index in [9.17, 15) is 0 Å². The van der Waals surface area contributed by atoms with Gasteiger partial charge in [-0.15, -0.1) is 0 Å². The van der Waals surface area contributed by atoms with Gasteiger partial charge in [0.1, 0.15) is 0 Å². The van der Waals surface area contributed by atoms with Crippen LogP contribution in [0, 0.1) is 0 Å². The predicted octanol–water partition coefficient (Wildman–Crippen LogP) is 5.50. The molecule has 0 heterocycles. The van der Waals surface area contributed by atoms with Crippen molar-refractivity contribution in [3.63, 3.8) is 0 Å². The Balaban J connectivity index is 4.67. The summed E-state index contributed by atoms with van der Waals surface area (Å²) in [6.07, 6.45) is 0. The highest BCUT2D eigenvalue weighted by Gasteiger charge is 2.35. The quantitative estimate of drug-likeness (QED) is 0.390. The van der Waals surface area contributed by atoms with Crippen LogP contribution >= 0.6 is 0 Å². The normalized spacial score (nSPS) is 12.3. The van der Waals surface area contributed by atoms with E-state index in [4.69, 9.17) is 8.85 Å². The van der Waals surface area contributed by atoms with Crippen LogP contribution < -0.4 is 0 Å². The first-order valence-corrected chi connectivity index (χ1v) is 12.6. The van der Waals surface area contributed by atoms with Crippen molar-refractivity contribution in [1.82, 2.24) is 0 Å². The molecular formula is C14H32O2Si2. The molecule has 0 N–H and O–H groups in total. The lowest BCUT2D eigenvalue weighted by Crippen LogP contribution is -2.40. The molecule has 0 aliphatic heterocycles. The second kappa shape index (κ2) is 8.05. The minimum Gasteiger partial charge on any atom is -0.520 e. The van der Waals surface area contributed by atoms with Gasteiger partial charge in [0.2, 0.25) is 5.95 Å². The smallest absolute Gasteiger partial charge is 0.254 e. The summed E-state index contributed by atoms with van der Waals surface area (Å²) in [6.45, 7) is 17.4. The predicted molar refractivity (Wildman–Crippen MR) is 85.7 cm³/mol. The van der Waals surface area contributed by atoms with Crippen molar-refractivity contribution in [2.45, 2.75) is 77.8 Å². The Kier molecular flexibility index (Phi) is 7.95. The van der Waals surface area contributed by atoms with Gasteiger partial charge in [-0.05, 0) is 42.8 Å². The lowest BCUT2D eigenvalue weighted by atomic mass is 10.9. The van der Waals surface area contributed by atoms with E-state index in [1.165, 1.54) is 0 Å². The molecule has 0 aromatic carbocycles. The Bertz CT molecular complexity index is 206. The van der Waals surface area contributed by atoms with Gasteiger partial charge in [0.15, 0.2) is 0 Å². The highest BCUT2D eigenvalue weighted by Crippen LogP contribution is 2.29. The summed E-state index contributed by atoms with van der Waals surface area (Å²) in [7, 11) is -3.24. The summed E-state index contributed by atoms with van der Waals surface area (Å²) in [5, 5.41) is 0. The van der Waals surface area contributed by atoms with Gasteiger partial charge in [-0.3, -0.25) is 0 Å². The van der Waals surface area contributed by atoms with Crippen LogP contribution in [0.4, 0.5) is 0 Å². The average Bonchev–Trinajstić information content (AvgIpc) is 2.42. The molecule has 4 heteroatoms. The third-order valence-electron chi connectivity index (χ3n) is 4.53. The monoisotopic (exact) mass is 288 g/mol. The second-order valence-electron chi connectivity index (χ2n) is 5.06. The van der Waals surface area contributed by atoms with Crippen molar-refractivity contribution >= 4 is 16.6 Å². The zero-order chi connectivity index (χ0) is 14.2. The summed E-state index contributed by atoms with van der Waals surface area (Å²) >= 11 is 0. The molecule has 18 heavy (non-hydrogen) atoms. The van der Waals surface area contributed by atoms with E-state index in [1.54, 1.807) is 0 Å². The fourth-order valence-corrected chi connectivity index (χ4v) is 7.44. The van der Waals surface area contributed by atoms with Crippen molar-refractivity contribution in [3.05, 3.63) is 12.5 Å². The van der Waals surface area contributed by atoms with Crippen LogP contribution in [0.3, 0.4) is 0 Å². The van der Waals surface area contributed by atoms with E-state index in [0.717, 1.165) is 36.3 Å². The Morgan fingerprint density at radius 2 is 0.889 bits per heavy atom. The van der Waals surface area contributed by atoms with Crippen LogP contribution in [-0.2, 0) is 8.85 Å². The van der Waals surface area contributed by atoms with Crippen LogP contribution in [-0.4, -0.2) is 16.6 Å². The largest absolute Gasteiger partial charge is 0.520 e. The maximum atomic E-state index is 6.20. The van der Waals surface area contributed by atoms with Gasteiger partial charge in [-0.1, -0.05) is 41.5 Å². The van der Waals surface area contributed by atoms with Crippen LogP contribution in [0.1, 0.15) is 41.5 Å². The van der Waals surface area contributed by atoms with Crippen LogP contribution in [0.5, 0.6) is 0 Å². The maximum absolute atomic E-state index is 6.20. The van der Waals surface area contributed by atoms with Crippen LogP contribution in [0.2, 0.25) is 36.3 Å². The standard InChI is InChI=1S/C14H32O2Si2/c1-8-17(9-2,10-3)15-14(7)16-18(11-4,12-5)13-6/h7-13H2,1-6H3. The molecular weight excluding hydrogens is 256 g/mol. The fraction of sp³-hybridized carbons (Fsp3) is 0.857. The molecule has 0 rings (SSSR count). The minimum absolute atomic E-state index is 0.615. The number of rotatable bonds is 10. The van der Waals surface area contributed by atoms with E-state index in [-0.39, 0.29) is 0 Å². The lowest BCUT2D eigenvalue weighted by Gasteiger charge is -2.35. The molecule has 108 valence electrons. The molecule has 0 bridgehead atoms. The Labute approximate surface area is 116 Å². The molecule has 0 aromatic rings. The average molecular weight is 289 g/mol. The molecule has 0 spiro atoms. The first-order valence-electron chi connectivity index (χ1n) is 7.53. The topological polar surface area (TPSA) is 18.5 Å². The van der Waals surface area contributed by atoms with E-state index in [0.29, 0.717) is 5.95 Å². The van der Waals surface area contributed by atoms with Gasteiger partial charge in [-0.25, -0.2) is 0 Å². The highest BCUT2D eigenvalue weighted by atomic mass is 28.4. The number of hydrogen-bond acceptors (Lipinski definition) is 2. The molecule has 0 radical (unpaired) electrons. The molecule has 0 aromatic heterocycles. The van der Waals surface area contributed by atoms with E-state index < -0.39 is 16.6 Å². The van der Waals surface area contributed by atoms with E-state index >= 15 is 0 Å². The molecule has 0 atom stereocenters. The number of hydrogen-bond donors (Lipinski definition) is 0. The van der Waals surface area contributed by atoms with Crippen molar-refractivity contribution in [1.29, 1.82) is 0 Å². The molecule has 0 amide bonds. The highest BCUT2D eigenvalue weighted by molar-refractivity contribution is 6.75. The Morgan fingerprint density at radius 1 is 0.667 bits per heavy atom. The molecule has 0 unspecified atom stereocenters. The SMILES string of the molecule is C=C(O[Si](CC)(CC)CC)O[Si](CC)(CC)CC. The van der Waals surface area contributed by atoms with Crippen molar-refractivity contribution in [2.24, 2.45) is 0 Å². The van der Waals surface area contributed by atoms with E-state index in [2.05, 4.69) is 48.1 Å². The first kappa shape index (κ1) is 17.8. The molecule has 0 aliphatic carbocycles.